The lowest BCUT2D eigenvalue weighted by Crippen LogP contribution is -2.57. The van der Waals surface area contributed by atoms with Crippen molar-refractivity contribution >= 4 is 29.3 Å². The highest BCUT2D eigenvalue weighted by Crippen LogP contribution is 2.67. The first-order chi connectivity index (χ1) is 17.8. The van der Waals surface area contributed by atoms with Gasteiger partial charge in [-0.25, -0.2) is 4.79 Å². The Morgan fingerprint density at radius 1 is 1.13 bits per heavy atom. The number of hydrogen-bond acceptors (Lipinski definition) is 7. The maximum absolute atomic E-state index is 12.4. The van der Waals surface area contributed by atoms with Crippen molar-refractivity contribution in [1.82, 2.24) is 5.32 Å². The number of allylic oxidation sites excluding steroid dienone is 2. The van der Waals surface area contributed by atoms with E-state index in [0.717, 1.165) is 44.2 Å². The van der Waals surface area contributed by atoms with Crippen molar-refractivity contribution < 1.29 is 34.2 Å². The first-order valence-corrected chi connectivity index (χ1v) is 13.8. The van der Waals surface area contributed by atoms with E-state index in [1.165, 1.54) is 12.5 Å². The molecule has 3 fully saturated rings. The van der Waals surface area contributed by atoms with E-state index in [-0.39, 0.29) is 29.5 Å². The van der Waals surface area contributed by atoms with Crippen LogP contribution < -0.4 is 11.1 Å². The van der Waals surface area contributed by atoms with Gasteiger partial charge in [-0.3, -0.25) is 14.4 Å². The molecule has 0 aromatic rings. The Hall–Kier alpha value is -2.75. The van der Waals surface area contributed by atoms with Crippen LogP contribution in [-0.2, 0) is 24.0 Å². The summed E-state index contributed by atoms with van der Waals surface area (Å²) in [6, 6.07) is -1.22. The normalized spacial score (nSPS) is 37.7. The number of ketones is 1. The Balaban J connectivity index is 1.38. The summed E-state index contributed by atoms with van der Waals surface area (Å²) in [5.41, 5.74) is 5.64. The molecule has 0 aromatic heterocycles. The standard InChI is InChI=1S/C28H41N3O7/c1-16(32)28(37)13-10-21-19-5-4-17-14-18(8-11-26(17,2)20(19)9-12-27(21,28)3)31-38-15-24(34)30-22(25(35)36)6-7-23(29)33/h14,19-22,37H,4-13,15H2,1-3H3,(H2,29,33)(H,30,34)(H,35,36)/b31-18+/t19-,20+,21+,22+,26+,27+,28+/m1/s1. The molecule has 0 aromatic carbocycles. The summed E-state index contributed by atoms with van der Waals surface area (Å²) in [6.07, 6.45) is 8.75. The zero-order chi connectivity index (χ0) is 27.9. The summed E-state index contributed by atoms with van der Waals surface area (Å²) in [5, 5.41) is 27.0. The van der Waals surface area contributed by atoms with Gasteiger partial charge < -0.3 is 26.1 Å². The van der Waals surface area contributed by atoms with Gasteiger partial charge in [0.15, 0.2) is 12.4 Å². The lowest BCUT2D eigenvalue weighted by Gasteiger charge is -2.59. The quantitative estimate of drug-likeness (QED) is 0.331. The molecule has 0 heterocycles. The number of oxime groups is 1. The number of nitrogens with one attached hydrogen (secondary N) is 1. The van der Waals surface area contributed by atoms with Crippen LogP contribution in [0.3, 0.4) is 0 Å². The van der Waals surface area contributed by atoms with Crippen LogP contribution in [0.4, 0.5) is 0 Å². The van der Waals surface area contributed by atoms with Crippen LogP contribution in [0.2, 0.25) is 0 Å². The molecule has 3 saturated carbocycles. The summed E-state index contributed by atoms with van der Waals surface area (Å²) in [4.78, 5) is 52.1. The number of nitrogens with zero attached hydrogens (tertiary/aromatic N) is 1. The number of amides is 2. The van der Waals surface area contributed by atoms with Crippen LogP contribution in [0.1, 0.15) is 85.0 Å². The van der Waals surface area contributed by atoms with Gasteiger partial charge >= 0.3 is 5.97 Å². The van der Waals surface area contributed by atoms with Gasteiger partial charge in [-0.2, -0.15) is 0 Å². The molecule has 0 unspecified atom stereocenters. The maximum atomic E-state index is 12.4. The molecule has 5 N–H and O–H groups in total. The van der Waals surface area contributed by atoms with E-state index in [1.807, 2.05) is 0 Å². The molecule has 0 saturated heterocycles. The van der Waals surface area contributed by atoms with Gasteiger partial charge in [0.25, 0.3) is 5.91 Å². The number of carboxylic acid groups (broad SMARTS) is 1. The summed E-state index contributed by atoms with van der Waals surface area (Å²) < 4.78 is 0. The van der Waals surface area contributed by atoms with E-state index < -0.39 is 36.0 Å². The number of aliphatic carboxylic acids is 1. The largest absolute Gasteiger partial charge is 0.480 e. The van der Waals surface area contributed by atoms with E-state index in [4.69, 9.17) is 10.6 Å². The maximum Gasteiger partial charge on any atom is 0.326 e. The second-order valence-electron chi connectivity index (χ2n) is 12.2. The van der Waals surface area contributed by atoms with Crippen LogP contribution in [0.15, 0.2) is 16.8 Å². The Labute approximate surface area is 223 Å². The topological polar surface area (TPSA) is 168 Å². The van der Waals surface area contributed by atoms with Crippen LogP contribution in [0.25, 0.3) is 0 Å². The molecule has 4 rings (SSSR count). The van der Waals surface area contributed by atoms with Gasteiger partial charge in [-0.1, -0.05) is 24.6 Å². The average molecular weight is 532 g/mol. The van der Waals surface area contributed by atoms with Crippen molar-refractivity contribution in [3.8, 4) is 0 Å². The molecule has 210 valence electrons. The number of primary amides is 1. The fourth-order valence-corrected chi connectivity index (χ4v) is 8.19. The number of Topliss-reactive ketones (excluding diaryl/α,β-unsaturated/α-hetero) is 1. The van der Waals surface area contributed by atoms with Crippen LogP contribution in [0.5, 0.6) is 0 Å². The monoisotopic (exact) mass is 531 g/mol. The Kier molecular flexibility index (Phi) is 7.76. The zero-order valence-corrected chi connectivity index (χ0v) is 22.6. The Morgan fingerprint density at radius 3 is 2.50 bits per heavy atom. The SMILES string of the molecule is CC(=O)[C@@]1(O)CC[C@H]2[C@@H]3CCC4=C/C(=N/OCC(=O)N[C@@H](CCC(N)=O)C(=O)O)CC[C@]4(C)[C@H]3CC[C@@]21C. The van der Waals surface area contributed by atoms with Crippen molar-refractivity contribution in [2.75, 3.05) is 6.61 Å². The molecular weight excluding hydrogens is 490 g/mol. The molecule has 2 amide bonds. The van der Waals surface area contributed by atoms with E-state index in [0.29, 0.717) is 30.6 Å². The molecule has 10 nitrogen and oxygen atoms in total. The third-order valence-corrected chi connectivity index (χ3v) is 10.4. The summed E-state index contributed by atoms with van der Waals surface area (Å²) in [6.45, 7) is 5.58. The predicted octanol–water partition coefficient (Wildman–Crippen LogP) is 2.48. The smallest absolute Gasteiger partial charge is 0.326 e. The lowest BCUT2D eigenvalue weighted by atomic mass is 9.46. The zero-order valence-electron chi connectivity index (χ0n) is 22.6. The predicted molar refractivity (Wildman–Crippen MR) is 139 cm³/mol. The number of aliphatic hydroxyl groups is 1. The summed E-state index contributed by atoms with van der Waals surface area (Å²) in [5.74, 6) is -1.28. The van der Waals surface area contributed by atoms with E-state index >= 15 is 0 Å². The van der Waals surface area contributed by atoms with Crippen molar-refractivity contribution in [2.24, 2.45) is 39.5 Å². The molecule has 4 aliphatic rings. The summed E-state index contributed by atoms with van der Waals surface area (Å²) in [7, 11) is 0. The highest BCUT2D eigenvalue weighted by Gasteiger charge is 2.65. The number of carbonyl (C=O) groups excluding carboxylic acids is 3. The van der Waals surface area contributed by atoms with Crippen LogP contribution in [-0.4, -0.2) is 57.7 Å². The number of fused-ring (bicyclic) bond motifs is 5. The first kappa shape index (κ1) is 28.3. The van der Waals surface area contributed by atoms with Gasteiger partial charge in [0.2, 0.25) is 5.91 Å². The molecule has 0 bridgehead atoms. The highest BCUT2D eigenvalue weighted by atomic mass is 16.6. The van der Waals surface area contributed by atoms with Gasteiger partial charge in [-0.15, -0.1) is 0 Å². The average Bonchev–Trinajstić information content (AvgIpc) is 3.13. The number of nitrogens with two attached hydrogens (primary N) is 1. The minimum absolute atomic E-state index is 0.0344. The van der Waals surface area contributed by atoms with E-state index in [2.05, 4.69) is 30.4 Å². The third-order valence-electron chi connectivity index (χ3n) is 10.4. The second-order valence-corrected chi connectivity index (χ2v) is 12.2. The minimum atomic E-state index is -1.25. The fourth-order valence-electron chi connectivity index (χ4n) is 8.19. The van der Waals surface area contributed by atoms with E-state index in [9.17, 15) is 29.4 Å². The van der Waals surface area contributed by atoms with Gasteiger partial charge in [0, 0.05) is 11.8 Å². The molecule has 0 spiro atoms. The van der Waals surface area contributed by atoms with Crippen LogP contribution in [0, 0.1) is 28.6 Å². The molecule has 10 heteroatoms. The third kappa shape index (κ3) is 4.87. The van der Waals surface area contributed by atoms with Crippen molar-refractivity contribution in [1.29, 1.82) is 0 Å². The van der Waals surface area contributed by atoms with Gasteiger partial charge in [-0.05, 0) is 94.0 Å². The van der Waals surface area contributed by atoms with Gasteiger partial charge in [0.05, 0.1) is 5.71 Å². The molecule has 38 heavy (non-hydrogen) atoms. The first-order valence-electron chi connectivity index (χ1n) is 13.8. The number of rotatable bonds is 9. The molecule has 0 radical (unpaired) electrons. The van der Waals surface area contributed by atoms with Crippen molar-refractivity contribution in [3.05, 3.63) is 11.6 Å². The molecular formula is C28H41N3O7. The van der Waals surface area contributed by atoms with Gasteiger partial charge in [0.1, 0.15) is 11.6 Å². The van der Waals surface area contributed by atoms with Crippen LogP contribution >= 0.6 is 0 Å². The lowest BCUT2D eigenvalue weighted by molar-refractivity contribution is -0.159. The second kappa shape index (κ2) is 10.4. The molecule has 4 aliphatic carbocycles. The highest BCUT2D eigenvalue weighted by molar-refractivity contribution is 5.96. The summed E-state index contributed by atoms with van der Waals surface area (Å²) >= 11 is 0. The number of carbonyl (C=O) groups is 4. The Morgan fingerprint density at radius 2 is 1.84 bits per heavy atom. The molecule has 7 atom stereocenters. The number of hydrogen-bond donors (Lipinski definition) is 4. The Bertz CT molecular complexity index is 1070. The minimum Gasteiger partial charge on any atom is -0.480 e. The van der Waals surface area contributed by atoms with Crippen molar-refractivity contribution in [3.63, 3.8) is 0 Å². The number of carboxylic acids is 1. The van der Waals surface area contributed by atoms with E-state index in [1.54, 1.807) is 0 Å². The van der Waals surface area contributed by atoms with Crippen molar-refractivity contribution in [2.45, 2.75) is 96.6 Å². The fraction of sp³-hybridized carbons (Fsp3) is 0.750. The molecule has 0 aliphatic heterocycles.